The van der Waals surface area contributed by atoms with Crippen LogP contribution in [0.5, 0.6) is 0 Å². The van der Waals surface area contributed by atoms with E-state index < -0.39 is 9.84 Å². The maximum absolute atomic E-state index is 12.5. The van der Waals surface area contributed by atoms with Crippen LogP contribution >= 0.6 is 0 Å². The fourth-order valence-electron chi connectivity index (χ4n) is 3.83. The quantitative estimate of drug-likeness (QED) is 0.800. The predicted octanol–water partition coefficient (Wildman–Crippen LogP) is 1.71. The van der Waals surface area contributed by atoms with Gasteiger partial charge in [-0.2, -0.15) is 0 Å². The summed E-state index contributed by atoms with van der Waals surface area (Å²) in [6.45, 7) is 2.26. The Labute approximate surface area is 159 Å². The molecule has 1 amide bonds. The number of carbonyl (C=O) groups is 1. The van der Waals surface area contributed by atoms with Gasteiger partial charge >= 0.3 is 0 Å². The molecule has 4 rings (SSSR count). The average Bonchev–Trinajstić information content (AvgIpc) is 3.04. The summed E-state index contributed by atoms with van der Waals surface area (Å²) in [4.78, 5) is 16.9. The van der Waals surface area contributed by atoms with Crippen LogP contribution < -0.4 is 4.90 Å². The zero-order chi connectivity index (χ0) is 19.0. The molecule has 0 aliphatic carbocycles. The molecule has 2 aromatic carbocycles. The summed E-state index contributed by atoms with van der Waals surface area (Å²) in [5.41, 5.74) is 1.94. The molecule has 2 aliphatic heterocycles. The molecule has 27 heavy (non-hydrogen) atoms. The topological polar surface area (TPSA) is 66.9 Å². The number of amides is 1. The zero-order valence-corrected chi connectivity index (χ0v) is 15.9. The summed E-state index contributed by atoms with van der Waals surface area (Å²) in [7, 11) is -3.19. The number of sulfone groups is 1. The van der Waals surface area contributed by atoms with Crippen LogP contribution in [0.4, 0.5) is 5.69 Å². The van der Waals surface area contributed by atoms with Crippen molar-refractivity contribution in [2.24, 2.45) is 0 Å². The number of hydrogen-bond donors (Lipinski definition) is 0. The fourth-order valence-corrected chi connectivity index (χ4v) is 4.46. The van der Waals surface area contributed by atoms with Gasteiger partial charge in [0.1, 0.15) is 6.61 Å². The Hall–Kier alpha value is -2.22. The Kier molecular flexibility index (Phi) is 4.75. The molecular weight excluding hydrogens is 364 g/mol. The number of fused-ring (bicyclic) bond motifs is 1. The molecule has 0 saturated carbocycles. The van der Waals surface area contributed by atoms with Crippen molar-refractivity contribution in [1.82, 2.24) is 4.90 Å². The Morgan fingerprint density at radius 2 is 1.74 bits per heavy atom. The third kappa shape index (κ3) is 3.76. The molecule has 6 nitrogen and oxygen atoms in total. The lowest BCUT2D eigenvalue weighted by molar-refractivity contribution is -0.130. The number of morpholine rings is 1. The summed E-state index contributed by atoms with van der Waals surface area (Å²) in [5.74, 6) is -0.0122. The highest BCUT2D eigenvalue weighted by molar-refractivity contribution is 7.90. The first-order chi connectivity index (χ1) is 12.9. The standard InChI is InChI=1S/C20H22N2O4S/c1-27(24,25)17-9-7-15(8-10-17)11-21-12-18-19(13-21)26-14-20(23)22(18)16-5-3-2-4-6-16/h2-10,18-19H,11-14H2,1H3/t18-,19+/m1/s1. The van der Waals surface area contributed by atoms with Crippen LogP contribution in [0.2, 0.25) is 0 Å². The van der Waals surface area contributed by atoms with Crippen LogP contribution in [-0.2, 0) is 25.9 Å². The summed E-state index contributed by atoms with van der Waals surface area (Å²) >= 11 is 0. The van der Waals surface area contributed by atoms with Crippen molar-refractivity contribution in [1.29, 1.82) is 0 Å². The summed E-state index contributed by atoms with van der Waals surface area (Å²) in [6.07, 6.45) is 1.19. The Morgan fingerprint density at radius 3 is 2.41 bits per heavy atom. The van der Waals surface area contributed by atoms with Gasteiger partial charge in [-0.15, -0.1) is 0 Å². The van der Waals surface area contributed by atoms with E-state index in [0.29, 0.717) is 11.4 Å². The molecule has 142 valence electrons. The Bertz CT molecular complexity index is 928. The van der Waals surface area contributed by atoms with Gasteiger partial charge in [0, 0.05) is 31.6 Å². The van der Waals surface area contributed by atoms with E-state index in [2.05, 4.69) is 4.90 Å². The van der Waals surface area contributed by atoms with Crippen molar-refractivity contribution in [2.75, 3.05) is 30.9 Å². The van der Waals surface area contributed by atoms with E-state index in [1.165, 1.54) is 6.26 Å². The van der Waals surface area contributed by atoms with E-state index in [-0.39, 0.29) is 24.7 Å². The van der Waals surface area contributed by atoms with Gasteiger partial charge in [-0.25, -0.2) is 8.42 Å². The number of carbonyl (C=O) groups excluding carboxylic acids is 1. The van der Waals surface area contributed by atoms with E-state index in [1.54, 1.807) is 12.1 Å². The van der Waals surface area contributed by atoms with E-state index in [9.17, 15) is 13.2 Å². The van der Waals surface area contributed by atoms with Crippen molar-refractivity contribution >= 4 is 21.4 Å². The molecule has 2 aromatic rings. The third-order valence-electron chi connectivity index (χ3n) is 5.13. The molecule has 2 atom stereocenters. The lowest BCUT2D eigenvalue weighted by Gasteiger charge is -2.36. The molecule has 0 radical (unpaired) electrons. The molecule has 0 bridgehead atoms. The second-order valence-corrected chi connectivity index (χ2v) is 9.14. The molecule has 0 N–H and O–H groups in total. The summed E-state index contributed by atoms with van der Waals surface area (Å²) in [5, 5.41) is 0. The average molecular weight is 386 g/mol. The van der Waals surface area contributed by atoms with Crippen LogP contribution in [0.15, 0.2) is 59.5 Å². The molecule has 7 heteroatoms. The van der Waals surface area contributed by atoms with Crippen LogP contribution in [0.3, 0.4) is 0 Å². The van der Waals surface area contributed by atoms with Crippen molar-refractivity contribution in [3.8, 4) is 0 Å². The van der Waals surface area contributed by atoms with Crippen LogP contribution in [0, 0.1) is 0 Å². The minimum atomic E-state index is -3.19. The predicted molar refractivity (Wildman–Crippen MR) is 102 cm³/mol. The molecule has 2 fully saturated rings. The van der Waals surface area contributed by atoms with Crippen molar-refractivity contribution in [3.63, 3.8) is 0 Å². The number of benzene rings is 2. The highest BCUT2D eigenvalue weighted by Crippen LogP contribution is 2.29. The first kappa shape index (κ1) is 18.2. The zero-order valence-electron chi connectivity index (χ0n) is 15.1. The number of rotatable bonds is 4. The highest BCUT2D eigenvalue weighted by atomic mass is 32.2. The summed E-state index contributed by atoms with van der Waals surface area (Å²) in [6, 6.07) is 16.7. The monoisotopic (exact) mass is 386 g/mol. The van der Waals surface area contributed by atoms with Gasteiger partial charge in [-0.3, -0.25) is 9.69 Å². The smallest absolute Gasteiger partial charge is 0.253 e. The van der Waals surface area contributed by atoms with Crippen molar-refractivity contribution in [3.05, 3.63) is 60.2 Å². The first-order valence-corrected chi connectivity index (χ1v) is 10.8. The second-order valence-electron chi connectivity index (χ2n) is 7.13. The molecule has 2 heterocycles. The highest BCUT2D eigenvalue weighted by Gasteiger charge is 2.43. The van der Waals surface area contributed by atoms with Crippen molar-refractivity contribution in [2.45, 2.75) is 23.6 Å². The van der Waals surface area contributed by atoms with Gasteiger partial charge in [-0.1, -0.05) is 30.3 Å². The van der Waals surface area contributed by atoms with Crippen LogP contribution in [0.1, 0.15) is 5.56 Å². The van der Waals surface area contributed by atoms with Gasteiger partial charge in [0.15, 0.2) is 9.84 Å². The van der Waals surface area contributed by atoms with Gasteiger partial charge in [0.05, 0.1) is 17.0 Å². The van der Waals surface area contributed by atoms with E-state index in [1.807, 2.05) is 47.4 Å². The number of nitrogens with zero attached hydrogens (tertiary/aromatic N) is 2. The van der Waals surface area contributed by atoms with Gasteiger partial charge in [0.2, 0.25) is 0 Å². The normalized spacial score (nSPS) is 23.4. The molecule has 2 saturated heterocycles. The molecule has 0 spiro atoms. The number of hydrogen-bond acceptors (Lipinski definition) is 5. The Morgan fingerprint density at radius 1 is 1.04 bits per heavy atom. The number of anilines is 1. The molecule has 2 aliphatic rings. The van der Waals surface area contributed by atoms with Crippen LogP contribution in [-0.4, -0.2) is 57.3 Å². The minimum absolute atomic E-state index is 0.0102. The maximum Gasteiger partial charge on any atom is 0.253 e. The molecule has 0 unspecified atom stereocenters. The first-order valence-electron chi connectivity index (χ1n) is 8.92. The third-order valence-corrected chi connectivity index (χ3v) is 6.25. The SMILES string of the molecule is CS(=O)(=O)c1ccc(CN2C[C@@H]3OCC(=O)N(c4ccccc4)[C@@H]3C2)cc1. The summed E-state index contributed by atoms with van der Waals surface area (Å²) < 4.78 is 29.0. The second kappa shape index (κ2) is 7.07. The number of para-hydroxylation sites is 1. The van der Waals surface area contributed by atoms with Gasteiger partial charge < -0.3 is 9.64 Å². The molecular formula is C20H22N2O4S. The van der Waals surface area contributed by atoms with Crippen molar-refractivity contribution < 1.29 is 17.9 Å². The lowest BCUT2D eigenvalue weighted by atomic mass is 10.1. The van der Waals surface area contributed by atoms with Gasteiger partial charge in [-0.05, 0) is 29.8 Å². The largest absolute Gasteiger partial charge is 0.365 e. The van der Waals surface area contributed by atoms with E-state index >= 15 is 0 Å². The van der Waals surface area contributed by atoms with E-state index in [0.717, 1.165) is 24.3 Å². The molecule has 0 aromatic heterocycles. The minimum Gasteiger partial charge on any atom is -0.365 e. The number of ether oxygens (including phenoxy) is 1. The van der Waals surface area contributed by atoms with Crippen LogP contribution in [0.25, 0.3) is 0 Å². The number of likely N-dealkylation sites (tertiary alicyclic amines) is 1. The van der Waals surface area contributed by atoms with Gasteiger partial charge in [0.25, 0.3) is 5.91 Å². The maximum atomic E-state index is 12.5. The van der Waals surface area contributed by atoms with E-state index in [4.69, 9.17) is 4.74 Å². The Balaban J connectivity index is 1.49. The fraction of sp³-hybridized carbons (Fsp3) is 0.350. The lowest BCUT2D eigenvalue weighted by Crippen LogP contribution is -2.54.